The zero-order valence-corrected chi connectivity index (χ0v) is 10.0. The van der Waals surface area contributed by atoms with Gasteiger partial charge in [-0.15, -0.1) is 11.6 Å². The minimum atomic E-state index is 0.674. The molecule has 0 N–H and O–H groups in total. The number of thioether (sulfide) groups is 1. The van der Waals surface area contributed by atoms with Gasteiger partial charge in [0.25, 0.3) is 0 Å². The van der Waals surface area contributed by atoms with Crippen LogP contribution in [0.2, 0.25) is 0 Å². The van der Waals surface area contributed by atoms with Crippen LogP contribution in [-0.4, -0.2) is 41.4 Å². The summed E-state index contributed by atoms with van der Waals surface area (Å²) in [7, 11) is 0. The van der Waals surface area contributed by atoms with Crippen molar-refractivity contribution in [2.24, 2.45) is 0 Å². The van der Waals surface area contributed by atoms with Crippen molar-refractivity contribution in [2.75, 3.05) is 30.5 Å². The molecule has 0 aromatic heterocycles. The molecule has 1 saturated heterocycles. The molecule has 0 spiro atoms. The van der Waals surface area contributed by atoms with E-state index in [0.29, 0.717) is 6.04 Å². The first-order chi connectivity index (χ1) is 6.38. The summed E-state index contributed by atoms with van der Waals surface area (Å²) in [4.78, 5) is 2.56. The Morgan fingerprint density at radius 3 is 3.08 bits per heavy atom. The van der Waals surface area contributed by atoms with Gasteiger partial charge in [-0.05, 0) is 43.9 Å². The summed E-state index contributed by atoms with van der Waals surface area (Å²) in [5.74, 6) is 3.38. The van der Waals surface area contributed by atoms with E-state index in [2.05, 4.69) is 11.8 Å². The zero-order valence-electron chi connectivity index (χ0n) is 8.47. The molecule has 0 amide bonds. The third-order valence-corrected chi connectivity index (χ3v) is 3.96. The van der Waals surface area contributed by atoms with E-state index >= 15 is 0 Å². The molecule has 1 nitrogen and oxygen atoms in total. The molecule has 1 atom stereocenters. The Kier molecular flexibility index (Phi) is 6.26. The molecule has 0 radical (unpaired) electrons. The van der Waals surface area contributed by atoms with E-state index in [4.69, 9.17) is 11.6 Å². The lowest BCUT2D eigenvalue weighted by atomic mass is 10.2. The van der Waals surface area contributed by atoms with Crippen molar-refractivity contribution < 1.29 is 0 Å². The Labute approximate surface area is 91.2 Å². The predicted octanol–water partition coefficient (Wildman–Crippen LogP) is 2.83. The summed E-state index contributed by atoms with van der Waals surface area (Å²) in [6, 6.07) is 0.674. The summed E-state index contributed by atoms with van der Waals surface area (Å²) in [6.07, 6.45) is 3.98. The molecule has 1 fully saturated rings. The highest BCUT2D eigenvalue weighted by atomic mass is 35.5. The highest BCUT2D eigenvalue weighted by molar-refractivity contribution is 7.99. The molecule has 0 aromatic carbocycles. The zero-order chi connectivity index (χ0) is 9.52. The van der Waals surface area contributed by atoms with Crippen LogP contribution in [0.25, 0.3) is 0 Å². The summed E-state index contributed by atoms with van der Waals surface area (Å²) in [6.45, 7) is 4.75. The summed E-state index contributed by atoms with van der Waals surface area (Å²) in [5, 5.41) is 0. The molecule has 78 valence electrons. The van der Waals surface area contributed by atoms with E-state index in [-0.39, 0.29) is 0 Å². The van der Waals surface area contributed by atoms with Crippen LogP contribution in [0.5, 0.6) is 0 Å². The molecule has 13 heavy (non-hydrogen) atoms. The number of nitrogens with zero attached hydrogens (tertiary/aromatic N) is 1. The average molecular weight is 222 g/mol. The predicted molar refractivity (Wildman–Crippen MR) is 62.9 cm³/mol. The molecular weight excluding hydrogens is 202 g/mol. The molecular formula is C10H20ClNS. The van der Waals surface area contributed by atoms with Gasteiger partial charge in [-0.2, -0.15) is 11.8 Å². The third kappa shape index (κ3) is 4.09. The molecule has 0 bridgehead atoms. The normalized spacial score (nSPS) is 24.0. The van der Waals surface area contributed by atoms with Crippen molar-refractivity contribution in [3.8, 4) is 0 Å². The third-order valence-electron chi connectivity index (χ3n) is 2.62. The number of hydrogen-bond donors (Lipinski definition) is 0. The van der Waals surface area contributed by atoms with Crippen LogP contribution in [0.1, 0.15) is 26.2 Å². The van der Waals surface area contributed by atoms with Crippen molar-refractivity contribution in [3.63, 3.8) is 0 Å². The fourth-order valence-electron chi connectivity index (χ4n) is 1.88. The van der Waals surface area contributed by atoms with Gasteiger partial charge in [-0.25, -0.2) is 0 Å². The van der Waals surface area contributed by atoms with E-state index in [1.807, 2.05) is 11.8 Å². The van der Waals surface area contributed by atoms with Crippen molar-refractivity contribution in [1.82, 2.24) is 4.90 Å². The summed E-state index contributed by atoms with van der Waals surface area (Å²) in [5.41, 5.74) is 0. The first-order valence-electron chi connectivity index (χ1n) is 5.26. The fraction of sp³-hybridized carbons (Fsp3) is 1.00. The lowest BCUT2D eigenvalue weighted by molar-refractivity contribution is 0.273. The van der Waals surface area contributed by atoms with E-state index in [1.165, 1.54) is 43.9 Å². The van der Waals surface area contributed by atoms with Crippen molar-refractivity contribution in [3.05, 3.63) is 0 Å². The minimum absolute atomic E-state index is 0.674. The Balaban J connectivity index is 2.06. The van der Waals surface area contributed by atoms with Crippen LogP contribution in [0.4, 0.5) is 0 Å². The van der Waals surface area contributed by atoms with Gasteiger partial charge >= 0.3 is 0 Å². The van der Waals surface area contributed by atoms with Crippen LogP contribution in [0.15, 0.2) is 0 Å². The van der Waals surface area contributed by atoms with Crippen molar-refractivity contribution >= 4 is 23.4 Å². The number of alkyl halides is 1. The van der Waals surface area contributed by atoms with Gasteiger partial charge in [-0.1, -0.05) is 6.92 Å². The average Bonchev–Trinajstić information content (AvgIpc) is 2.60. The Morgan fingerprint density at radius 2 is 2.38 bits per heavy atom. The molecule has 0 aliphatic carbocycles. The fourth-order valence-corrected chi connectivity index (χ4v) is 2.85. The lowest BCUT2D eigenvalue weighted by Crippen LogP contribution is -2.31. The molecule has 3 heteroatoms. The van der Waals surface area contributed by atoms with E-state index < -0.39 is 0 Å². The number of hydrogen-bond acceptors (Lipinski definition) is 2. The number of halogens is 1. The highest BCUT2D eigenvalue weighted by Crippen LogP contribution is 2.18. The smallest absolute Gasteiger partial charge is 0.0379 e. The first kappa shape index (κ1) is 11.7. The maximum atomic E-state index is 5.90. The Bertz CT molecular complexity index is 132. The second-order valence-corrected chi connectivity index (χ2v) is 5.24. The SMILES string of the molecule is CCSCCCN1CCCC1CCl. The monoisotopic (exact) mass is 221 g/mol. The van der Waals surface area contributed by atoms with Crippen LogP contribution in [-0.2, 0) is 0 Å². The van der Waals surface area contributed by atoms with Crippen LogP contribution in [0, 0.1) is 0 Å². The van der Waals surface area contributed by atoms with Crippen LogP contribution in [0.3, 0.4) is 0 Å². The standard InChI is InChI=1S/C10H20ClNS/c1-2-13-8-4-7-12-6-3-5-10(12)9-11/h10H,2-9H2,1H3. The second-order valence-electron chi connectivity index (χ2n) is 3.54. The van der Waals surface area contributed by atoms with Gasteiger partial charge in [-0.3, -0.25) is 4.90 Å². The highest BCUT2D eigenvalue weighted by Gasteiger charge is 2.22. The van der Waals surface area contributed by atoms with Gasteiger partial charge in [0.1, 0.15) is 0 Å². The van der Waals surface area contributed by atoms with E-state index in [0.717, 1.165) is 5.88 Å². The maximum absolute atomic E-state index is 5.90. The van der Waals surface area contributed by atoms with Gasteiger partial charge in [0.15, 0.2) is 0 Å². The van der Waals surface area contributed by atoms with Crippen LogP contribution < -0.4 is 0 Å². The second kappa shape index (κ2) is 6.97. The molecule has 1 rings (SSSR count). The number of likely N-dealkylation sites (tertiary alicyclic amines) is 1. The van der Waals surface area contributed by atoms with Gasteiger partial charge in [0.2, 0.25) is 0 Å². The summed E-state index contributed by atoms with van der Waals surface area (Å²) >= 11 is 7.94. The molecule has 1 aliphatic rings. The molecule has 0 saturated carbocycles. The van der Waals surface area contributed by atoms with Crippen molar-refractivity contribution in [2.45, 2.75) is 32.2 Å². The van der Waals surface area contributed by atoms with E-state index in [1.54, 1.807) is 0 Å². The Morgan fingerprint density at radius 1 is 1.54 bits per heavy atom. The first-order valence-corrected chi connectivity index (χ1v) is 6.95. The van der Waals surface area contributed by atoms with Crippen molar-refractivity contribution in [1.29, 1.82) is 0 Å². The quantitative estimate of drug-likeness (QED) is 0.501. The van der Waals surface area contributed by atoms with Gasteiger partial charge in [0, 0.05) is 11.9 Å². The molecule has 1 heterocycles. The maximum Gasteiger partial charge on any atom is 0.0379 e. The molecule has 1 aliphatic heterocycles. The topological polar surface area (TPSA) is 3.24 Å². The van der Waals surface area contributed by atoms with Gasteiger partial charge < -0.3 is 0 Å². The van der Waals surface area contributed by atoms with E-state index in [9.17, 15) is 0 Å². The largest absolute Gasteiger partial charge is 0.299 e. The lowest BCUT2D eigenvalue weighted by Gasteiger charge is -2.22. The summed E-state index contributed by atoms with van der Waals surface area (Å²) < 4.78 is 0. The molecule has 1 unspecified atom stereocenters. The Hall–Kier alpha value is 0.600. The molecule has 0 aromatic rings. The minimum Gasteiger partial charge on any atom is -0.299 e. The van der Waals surface area contributed by atoms with Crippen LogP contribution >= 0.6 is 23.4 Å². The number of rotatable bonds is 6. The van der Waals surface area contributed by atoms with Gasteiger partial charge in [0.05, 0.1) is 0 Å².